The Morgan fingerprint density at radius 2 is 1.06 bits per heavy atom. The van der Waals surface area contributed by atoms with Crippen LogP contribution in [0, 0.1) is 5.92 Å². The van der Waals surface area contributed by atoms with Crippen LogP contribution in [0.25, 0.3) is 0 Å². The van der Waals surface area contributed by atoms with E-state index < -0.39 is 0 Å². The summed E-state index contributed by atoms with van der Waals surface area (Å²) in [6.45, 7) is 9.75. The highest BCUT2D eigenvalue weighted by Crippen LogP contribution is 2.45. The molecule has 0 rings (SSSR count). The highest BCUT2D eigenvalue weighted by atomic mass is 28.1. The van der Waals surface area contributed by atoms with E-state index in [2.05, 4.69) is 27.7 Å². The lowest BCUT2D eigenvalue weighted by Crippen LogP contribution is -2.34. The molecule has 0 aromatic heterocycles. The SMILES string of the molecule is CCCCCCCCOC(=O)C([SiH3])(CCCCCCCC)C(CCC)CCCCCCCC. The molecule has 0 saturated heterocycles. The fraction of sp³-hybridized carbons (Fsp3) is 0.967. The van der Waals surface area contributed by atoms with Crippen molar-refractivity contribution >= 4 is 16.2 Å². The first-order valence-electron chi connectivity index (χ1n) is 15.2. The van der Waals surface area contributed by atoms with Crippen molar-refractivity contribution in [3.05, 3.63) is 0 Å². The summed E-state index contributed by atoms with van der Waals surface area (Å²) in [7, 11) is 0.936. The maximum atomic E-state index is 13.5. The van der Waals surface area contributed by atoms with Gasteiger partial charge in [-0.3, -0.25) is 4.79 Å². The number of carbonyl (C=O) groups excluding carboxylic acids is 1. The highest BCUT2D eigenvalue weighted by Gasteiger charge is 2.41. The summed E-state index contributed by atoms with van der Waals surface area (Å²) in [5, 5.41) is -0.160. The molecule has 0 bridgehead atoms. The number of rotatable bonds is 25. The van der Waals surface area contributed by atoms with E-state index in [1.165, 1.54) is 128 Å². The van der Waals surface area contributed by atoms with Crippen LogP contribution in [0.4, 0.5) is 0 Å². The molecule has 33 heavy (non-hydrogen) atoms. The third-order valence-electron chi connectivity index (χ3n) is 7.69. The third-order valence-corrected chi connectivity index (χ3v) is 9.42. The summed E-state index contributed by atoms with van der Waals surface area (Å²) in [5.74, 6) is 0.703. The molecule has 3 heteroatoms. The van der Waals surface area contributed by atoms with Crippen molar-refractivity contribution < 1.29 is 9.53 Å². The van der Waals surface area contributed by atoms with Gasteiger partial charge in [-0.1, -0.05) is 143 Å². The van der Waals surface area contributed by atoms with Gasteiger partial charge in [0.05, 0.1) is 11.6 Å². The molecule has 0 saturated carbocycles. The van der Waals surface area contributed by atoms with E-state index in [-0.39, 0.29) is 11.0 Å². The maximum Gasteiger partial charge on any atom is 0.308 e. The number of hydrogen-bond donors (Lipinski definition) is 0. The minimum absolute atomic E-state index is 0.160. The van der Waals surface area contributed by atoms with E-state index in [9.17, 15) is 4.79 Å². The minimum Gasteiger partial charge on any atom is -0.466 e. The largest absolute Gasteiger partial charge is 0.466 e. The Morgan fingerprint density at radius 3 is 1.58 bits per heavy atom. The van der Waals surface area contributed by atoms with Gasteiger partial charge in [0.1, 0.15) is 0 Å². The standard InChI is InChI=1S/C30H62O2Si/c1-5-9-12-15-18-21-25-28(24-8-4)30(33,26-22-19-16-13-10-6-2)29(31)32-27-23-20-17-14-11-7-3/h28H,5-27H2,1-4,33H3. The average molecular weight is 483 g/mol. The highest BCUT2D eigenvalue weighted by molar-refractivity contribution is 6.27. The number of ether oxygens (including phenoxy) is 1. The summed E-state index contributed by atoms with van der Waals surface area (Å²) in [6, 6.07) is 0. The van der Waals surface area contributed by atoms with Crippen molar-refractivity contribution in [3.8, 4) is 0 Å². The van der Waals surface area contributed by atoms with Gasteiger partial charge in [-0.15, -0.1) is 0 Å². The molecule has 198 valence electrons. The molecule has 2 atom stereocenters. The second kappa shape index (κ2) is 23.4. The van der Waals surface area contributed by atoms with Gasteiger partial charge < -0.3 is 4.74 Å². The first kappa shape index (κ1) is 32.7. The number of carbonyl (C=O) groups is 1. The van der Waals surface area contributed by atoms with E-state index in [4.69, 9.17) is 4.74 Å². The molecular formula is C30H62O2Si. The quantitative estimate of drug-likeness (QED) is 0.0735. The van der Waals surface area contributed by atoms with Crippen LogP contribution >= 0.6 is 0 Å². The van der Waals surface area contributed by atoms with Crippen molar-refractivity contribution in [1.82, 2.24) is 0 Å². The van der Waals surface area contributed by atoms with E-state index in [0.717, 1.165) is 23.1 Å². The van der Waals surface area contributed by atoms with Gasteiger partial charge in [-0.05, 0) is 31.6 Å². The Kier molecular flexibility index (Phi) is 23.2. The van der Waals surface area contributed by atoms with Crippen LogP contribution in [0.15, 0.2) is 0 Å². The van der Waals surface area contributed by atoms with E-state index in [0.29, 0.717) is 12.5 Å². The van der Waals surface area contributed by atoms with Crippen LogP contribution in [-0.2, 0) is 9.53 Å². The summed E-state index contributed by atoms with van der Waals surface area (Å²) in [5.41, 5.74) is 0. The molecule has 0 aliphatic carbocycles. The van der Waals surface area contributed by atoms with Gasteiger partial charge in [-0.25, -0.2) is 0 Å². The van der Waals surface area contributed by atoms with Crippen LogP contribution in [0.2, 0.25) is 5.04 Å². The van der Waals surface area contributed by atoms with Gasteiger partial charge in [0.2, 0.25) is 0 Å². The number of hydrogen-bond acceptors (Lipinski definition) is 2. The summed E-state index contributed by atoms with van der Waals surface area (Å²) in [6.07, 6.45) is 28.0. The van der Waals surface area contributed by atoms with Gasteiger partial charge in [0.15, 0.2) is 0 Å². The molecule has 0 aromatic rings. The molecule has 2 unspecified atom stereocenters. The van der Waals surface area contributed by atoms with Gasteiger partial charge in [-0.2, -0.15) is 0 Å². The van der Waals surface area contributed by atoms with Crippen LogP contribution < -0.4 is 0 Å². The number of esters is 1. The second-order valence-corrected chi connectivity index (χ2v) is 12.7. The molecule has 0 aliphatic heterocycles. The van der Waals surface area contributed by atoms with Gasteiger partial charge >= 0.3 is 5.97 Å². The summed E-state index contributed by atoms with van der Waals surface area (Å²) < 4.78 is 5.99. The molecule has 0 aliphatic rings. The first-order chi connectivity index (χ1) is 16.1. The summed E-state index contributed by atoms with van der Waals surface area (Å²) >= 11 is 0. The first-order valence-corrected chi connectivity index (χ1v) is 16.2. The average Bonchev–Trinajstić information content (AvgIpc) is 2.81. The molecule has 0 fully saturated rings. The van der Waals surface area contributed by atoms with E-state index in [1.807, 2.05) is 0 Å². The predicted molar refractivity (Wildman–Crippen MR) is 151 cm³/mol. The number of unbranched alkanes of at least 4 members (excludes halogenated alkanes) is 15. The van der Waals surface area contributed by atoms with Crippen molar-refractivity contribution in [3.63, 3.8) is 0 Å². The van der Waals surface area contributed by atoms with Crippen LogP contribution in [0.3, 0.4) is 0 Å². The molecule has 0 heterocycles. The van der Waals surface area contributed by atoms with Crippen molar-refractivity contribution in [2.75, 3.05) is 6.61 Å². The second-order valence-electron chi connectivity index (χ2n) is 10.9. The zero-order valence-electron chi connectivity index (χ0n) is 23.7. The summed E-state index contributed by atoms with van der Waals surface area (Å²) in [4.78, 5) is 13.5. The lowest BCUT2D eigenvalue weighted by atomic mass is 9.80. The fourth-order valence-corrected chi connectivity index (χ4v) is 6.33. The van der Waals surface area contributed by atoms with Crippen LogP contribution in [0.5, 0.6) is 0 Å². The molecule has 0 spiro atoms. The fourth-order valence-electron chi connectivity index (χ4n) is 5.26. The Balaban J connectivity index is 4.81. The van der Waals surface area contributed by atoms with Crippen LogP contribution in [0.1, 0.15) is 169 Å². The van der Waals surface area contributed by atoms with Gasteiger partial charge in [0, 0.05) is 10.2 Å². The topological polar surface area (TPSA) is 26.3 Å². The monoisotopic (exact) mass is 482 g/mol. The molecule has 0 N–H and O–H groups in total. The Hall–Kier alpha value is -0.313. The normalized spacial score (nSPS) is 14.3. The van der Waals surface area contributed by atoms with Crippen molar-refractivity contribution in [1.29, 1.82) is 0 Å². The zero-order chi connectivity index (χ0) is 24.6. The minimum atomic E-state index is -0.160. The molecule has 0 radical (unpaired) electrons. The predicted octanol–water partition coefficient (Wildman–Crippen LogP) is 9.33. The van der Waals surface area contributed by atoms with Crippen molar-refractivity contribution in [2.45, 2.75) is 174 Å². The molecule has 0 aromatic carbocycles. The van der Waals surface area contributed by atoms with E-state index in [1.54, 1.807) is 0 Å². The Bertz CT molecular complexity index is 426. The maximum absolute atomic E-state index is 13.5. The van der Waals surface area contributed by atoms with Crippen molar-refractivity contribution in [2.24, 2.45) is 5.92 Å². The van der Waals surface area contributed by atoms with Gasteiger partial charge in [0.25, 0.3) is 0 Å². The van der Waals surface area contributed by atoms with Crippen LogP contribution in [-0.4, -0.2) is 22.8 Å². The Morgan fingerprint density at radius 1 is 0.606 bits per heavy atom. The third kappa shape index (κ3) is 16.9. The molecule has 2 nitrogen and oxygen atoms in total. The lowest BCUT2D eigenvalue weighted by molar-refractivity contribution is -0.150. The smallest absolute Gasteiger partial charge is 0.308 e. The molecular weight excluding hydrogens is 420 g/mol. The molecule has 0 amide bonds. The zero-order valence-corrected chi connectivity index (χ0v) is 25.7. The lowest BCUT2D eigenvalue weighted by Gasteiger charge is -2.36. The van der Waals surface area contributed by atoms with E-state index >= 15 is 0 Å². The Labute approximate surface area is 212 Å².